The maximum atomic E-state index is 11.7. The second-order valence-electron chi connectivity index (χ2n) is 5.64. The van der Waals surface area contributed by atoms with Gasteiger partial charge in [-0.25, -0.2) is 4.79 Å². The Morgan fingerprint density at radius 3 is 2.56 bits per heavy atom. The number of hydrogen-bond acceptors (Lipinski definition) is 7. The minimum atomic E-state index is -0.531. The summed E-state index contributed by atoms with van der Waals surface area (Å²) in [6, 6.07) is 9.44. The third kappa shape index (κ3) is 2.91. The summed E-state index contributed by atoms with van der Waals surface area (Å²) < 4.78 is 16.1. The van der Waals surface area contributed by atoms with Crippen LogP contribution in [0.5, 0.6) is 23.0 Å². The van der Waals surface area contributed by atoms with Crippen molar-refractivity contribution in [3.05, 3.63) is 52.4 Å². The van der Waals surface area contributed by atoms with E-state index in [2.05, 4.69) is 5.32 Å². The van der Waals surface area contributed by atoms with E-state index < -0.39 is 5.63 Å². The minimum absolute atomic E-state index is 0.210. The van der Waals surface area contributed by atoms with Crippen LogP contribution in [-0.4, -0.2) is 23.4 Å². The fraction of sp³-hybridized carbons (Fsp3) is 0.167. The topological polar surface area (TPSA) is 101 Å². The Bertz CT molecular complexity index is 1010. The van der Waals surface area contributed by atoms with E-state index in [-0.39, 0.29) is 17.1 Å². The Hall–Kier alpha value is -3.35. The van der Waals surface area contributed by atoms with Gasteiger partial charge in [-0.1, -0.05) is 0 Å². The number of anilines is 1. The maximum absolute atomic E-state index is 11.7. The lowest BCUT2D eigenvalue weighted by atomic mass is 10.1. The third-order valence-electron chi connectivity index (χ3n) is 3.95. The highest BCUT2D eigenvalue weighted by Crippen LogP contribution is 2.34. The first-order valence-electron chi connectivity index (χ1n) is 7.72. The van der Waals surface area contributed by atoms with Gasteiger partial charge in [-0.15, -0.1) is 0 Å². The molecule has 1 aliphatic rings. The number of benzene rings is 2. The molecule has 0 saturated carbocycles. The second-order valence-corrected chi connectivity index (χ2v) is 5.64. The Morgan fingerprint density at radius 2 is 1.72 bits per heavy atom. The summed E-state index contributed by atoms with van der Waals surface area (Å²) in [4.78, 5) is 11.7. The van der Waals surface area contributed by atoms with E-state index in [1.54, 1.807) is 0 Å². The van der Waals surface area contributed by atoms with Gasteiger partial charge >= 0.3 is 5.63 Å². The van der Waals surface area contributed by atoms with E-state index in [9.17, 15) is 15.0 Å². The molecule has 0 amide bonds. The zero-order chi connectivity index (χ0) is 17.4. The molecular formula is C18H15NO6. The van der Waals surface area contributed by atoms with Crippen LogP contribution in [-0.2, 0) is 6.54 Å². The molecule has 1 aromatic heterocycles. The average Bonchev–Trinajstić information content (AvgIpc) is 2.61. The highest BCUT2D eigenvalue weighted by Gasteiger charge is 2.13. The number of fused-ring (bicyclic) bond motifs is 2. The second kappa shape index (κ2) is 5.94. The van der Waals surface area contributed by atoms with Crippen molar-refractivity contribution >= 4 is 16.7 Å². The van der Waals surface area contributed by atoms with E-state index in [0.29, 0.717) is 42.2 Å². The number of ether oxygens (including phenoxy) is 2. The fourth-order valence-electron chi connectivity index (χ4n) is 2.75. The fourth-order valence-corrected chi connectivity index (χ4v) is 2.75. The quantitative estimate of drug-likeness (QED) is 0.497. The smallest absolute Gasteiger partial charge is 0.336 e. The highest BCUT2D eigenvalue weighted by atomic mass is 16.6. The number of hydrogen-bond donors (Lipinski definition) is 3. The Balaban J connectivity index is 1.64. The van der Waals surface area contributed by atoms with Crippen LogP contribution in [0, 0.1) is 0 Å². The maximum Gasteiger partial charge on any atom is 0.336 e. The van der Waals surface area contributed by atoms with E-state index in [4.69, 9.17) is 13.9 Å². The van der Waals surface area contributed by atoms with Gasteiger partial charge in [0.1, 0.15) is 18.8 Å². The number of rotatable bonds is 3. The highest BCUT2D eigenvalue weighted by molar-refractivity contribution is 5.84. The first kappa shape index (κ1) is 15.2. The number of phenols is 2. The molecule has 2 heterocycles. The van der Waals surface area contributed by atoms with Gasteiger partial charge in [-0.05, 0) is 23.8 Å². The molecule has 0 aliphatic carbocycles. The molecule has 25 heavy (non-hydrogen) atoms. The summed E-state index contributed by atoms with van der Waals surface area (Å²) in [6.45, 7) is 1.36. The van der Waals surface area contributed by atoms with E-state index in [1.165, 1.54) is 18.2 Å². The van der Waals surface area contributed by atoms with E-state index in [0.717, 1.165) is 5.69 Å². The van der Waals surface area contributed by atoms with Crippen molar-refractivity contribution in [2.24, 2.45) is 0 Å². The monoisotopic (exact) mass is 341 g/mol. The molecule has 0 fully saturated rings. The Kier molecular flexibility index (Phi) is 3.61. The summed E-state index contributed by atoms with van der Waals surface area (Å²) in [6.07, 6.45) is 0. The molecule has 0 saturated heterocycles. The normalized spacial score (nSPS) is 13.0. The molecule has 0 spiro atoms. The molecule has 0 radical (unpaired) electrons. The van der Waals surface area contributed by atoms with E-state index >= 15 is 0 Å². The van der Waals surface area contributed by atoms with Crippen LogP contribution in [0.3, 0.4) is 0 Å². The lowest BCUT2D eigenvalue weighted by Crippen LogP contribution is -2.15. The number of nitrogens with one attached hydrogen (secondary N) is 1. The summed E-state index contributed by atoms with van der Waals surface area (Å²) in [7, 11) is 0. The largest absolute Gasteiger partial charge is 0.504 e. The third-order valence-corrected chi connectivity index (χ3v) is 3.95. The van der Waals surface area contributed by atoms with Gasteiger partial charge in [0.05, 0.1) is 0 Å². The molecule has 7 nitrogen and oxygen atoms in total. The SMILES string of the molecule is O=c1cc(CNc2ccc3c(c2)OCCO3)c2cc(O)c(O)cc2o1. The molecule has 0 bridgehead atoms. The summed E-state index contributed by atoms with van der Waals surface area (Å²) in [5.41, 5.74) is 1.11. The predicted molar refractivity (Wildman–Crippen MR) is 90.6 cm³/mol. The van der Waals surface area contributed by atoms with Crippen molar-refractivity contribution in [2.75, 3.05) is 18.5 Å². The summed E-state index contributed by atoms with van der Waals surface area (Å²) >= 11 is 0. The Labute approximate surface area is 142 Å². The van der Waals surface area contributed by atoms with Crippen LogP contribution in [0.1, 0.15) is 5.56 Å². The molecule has 1 aliphatic heterocycles. The van der Waals surface area contributed by atoms with E-state index in [1.807, 2.05) is 18.2 Å². The molecule has 2 aromatic carbocycles. The van der Waals surface area contributed by atoms with Crippen LogP contribution in [0.25, 0.3) is 11.0 Å². The Morgan fingerprint density at radius 1 is 0.960 bits per heavy atom. The number of phenolic OH excluding ortho intramolecular Hbond substituents is 2. The van der Waals surface area contributed by atoms with Crippen LogP contribution >= 0.6 is 0 Å². The molecule has 3 aromatic rings. The van der Waals surface area contributed by atoms with Crippen molar-refractivity contribution in [1.29, 1.82) is 0 Å². The van der Waals surface area contributed by atoms with Gasteiger partial charge in [0.25, 0.3) is 0 Å². The van der Waals surface area contributed by atoms with Crippen LogP contribution in [0.15, 0.2) is 45.6 Å². The zero-order valence-corrected chi connectivity index (χ0v) is 13.1. The minimum Gasteiger partial charge on any atom is -0.504 e. The van der Waals surface area contributed by atoms with Crippen molar-refractivity contribution in [3.63, 3.8) is 0 Å². The van der Waals surface area contributed by atoms with Crippen LogP contribution in [0.2, 0.25) is 0 Å². The van der Waals surface area contributed by atoms with Crippen LogP contribution < -0.4 is 20.4 Å². The first-order chi connectivity index (χ1) is 12.1. The molecular weight excluding hydrogens is 326 g/mol. The predicted octanol–water partition coefficient (Wildman–Crippen LogP) is 2.59. The molecule has 0 unspecified atom stereocenters. The van der Waals surface area contributed by atoms with Gasteiger partial charge in [-0.2, -0.15) is 0 Å². The van der Waals surface area contributed by atoms with Crippen molar-refractivity contribution < 1.29 is 24.1 Å². The first-order valence-corrected chi connectivity index (χ1v) is 7.72. The van der Waals surface area contributed by atoms with Crippen LogP contribution in [0.4, 0.5) is 5.69 Å². The van der Waals surface area contributed by atoms with Gasteiger partial charge in [0.15, 0.2) is 23.0 Å². The van der Waals surface area contributed by atoms with Gasteiger partial charge < -0.3 is 29.4 Å². The lowest BCUT2D eigenvalue weighted by Gasteiger charge is -2.19. The molecule has 128 valence electrons. The van der Waals surface area contributed by atoms with Crippen molar-refractivity contribution in [2.45, 2.75) is 6.54 Å². The molecule has 7 heteroatoms. The number of aromatic hydroxyl groups is 2. The summed E-state index contributed by atoms with van der Waals surface area (Å²) in [5.74, 6) is 0.744. The van der Waals surface area contributed by atoms with Gasteiger partial charge in [0.2, 0.25) is 0 Å². The van der Waals surface area contributed by atoms with Crippen molar-refractivity contribution in [3.8, 4) is 23.0 Å². The van der Waals surface area contributed by atoms with Crippen molar-refractivity contribution in [1.82, 2.24) is 0 Å². The molecule has 4 rings (SSSR count). The van der Waals surface area contributed by atoms with Gasteiger partial charge in [0, 0.05) is 35.8 Å². The standard InChI is InChI=1S/C18H15NO6/c20-13-7-12-10(5-18(22)25-16(12)8-14(13)21)9-19-11-1-2-15-17(6-11)24-4-3-23-15/h1-2,5-8,19-21H,3-4,9H2. The average molecular weight is 341 g/mol. The molecule has 0 atom stereocenters. The molecule has 3 N–H and O–H groups in total. The zero-order valence-electron chi connectivity index (χ0n) is 13.1. The summed E-state index contributed by atoms with van der Waals surface area (Å²) in [5, 5.41) is 23.0. The lowest BCUT2D eigenvalue weighted by molar-refractivity contribution is 0.171. The van der Waals surface area contributed by atoms with Gasteiger partial charge in [-0.3, -0.25) is 0 Å².